The van der Waals surface area contributed by atoms with E-state index in [-0.39, 0.29) is 11.6 Å². The van der Waals surface area contributed by atoms with E-state index in [4.69, 9.17) is 10.5 Å². The van der Waals surface area contributed by atoms with E-state index >= 15 is 0 Å². The van der Waals surface area contributed by atoms with Gasteiger partial charge in [-0.25, -0.2) is 0 Å². The fraction of sp³-hybridized carbons (Fsp3) is 1.00. The first kappa shape index (κ1) is 14.5. The van der Waals surface area contributed by atoms with Crippen LogP contribution in [0.25, 0.3) is 0 Å². The van der Waals surface area contributed by atoms with Crippen molar-refractivity contribution >= 4 is 10.8 Å². The van der Waals surface area contributed by atoms with Crippen LogP contribution in [0.1, 0.15) is 58.3 Å². The van der Waals surface area contributed by atoms with Gasteiger partial charge in [-0.05, 0) is 39.0 Å². The van der Waals surface area contributed by atoms with Crippen molar-refractivity contribution in [3.63, 3.8) is 0 Å². The second kappa shape index (κ2) is 6.49. The molecule has 1 aliphatic carbocycles. The second-order valence-corrected chi connectivity index (χ2v) is 7.89. The lowest BCUT2D eigenvalue weighted by Crippen LogP contribution is -2.45. The molecule has 0 amide bonds. The van der Waals surface area contributed by atoms with Crippen LogP contribution in [-0.4, -0.2) is 33.5 Å². The maximum atomic E-state index is 12.3. The van der Waals surface area contributed by atoms with Gasteiger partial charge in [0.1, 0.15) is 0 Å². The average molecular weight is 273 g/mol. The molecule has 1 saturated carbocycles. The molecule has 0 aromatic rings. The highest BCUT2D eigenvalue weighted by Gasteiger charge is 2.40. The molecule has 0 aromatic carbocycles. The Morgan fingerprint density at radius 2 is 2.11 bits per heavy atom. The van der Waals surface area contributed by atoms with Crippen molar-refractivity contribution in [1.82, 2.24) is 0 Å². The van der Waals surface area contributed by atoms with Crippen molar-refractivity contribution < 1.29 is 8.95 Å². The highest BCUT2D eigenvalue weighted by Crippen LogP contribution is 2.39. The van der Waals surface area contributed by atoms with Gasteiger partial charge in [0.25, 0.3) is 0 Å². The largest absolute Gasteiger partial charge is 0.375 e. The van der Waals surface area contributed by atoms with Crippen LogP contribution in [0.4, 0.5) is 0 Å². The van der Waals surface area contributed by atoms with Crippen LogP contribution in [0.15, 0.2) is 0 Å². The van der Waals surface area contributed by atoms with Gasteiger partial charge in [0.15, 0.2) is 0 Å². The van der Waals surface area contributed by atoms with Crippen LogP contribution in [0.2, 0.25) is 0 Å². The minimum Gasteiger partial charge on any atom is -0.375 e. The molecular weight excluding hydrogens is 246 g/mol. The van der Waals surface area contributed by atoms with Crippen molar-refractivity contribution in [2.24, 2.45) is 5.73 Å². The third-order valence-electron chi connectivity index (χ3n) is 4.36. The predicted octanol–water partition coefficient (Wildman–Crippen LogP) is 2.35. The molecule has 3 atom stereocenters. The minimum absolute atomic E-state index is 0.0746. The number of nitrogens with two attached hydrogens (primary N) is 1. The zero-order valence-corrected chi connectivity index (χ0v) is 12.3. The molecular formula is C14H27NO2S. The SMILES string of the molecule is CC(N)CCS(=O)C1CCOC2(CCCCC2)C1. The molecule has 3 unspecified atom stereocenters. The molecule has 106 valence electrons. The minimum atomic E-state index is -0.715. The summed E-state index contributed by atoms with van der Waals surface area (Å²) in [7, 11) is -0.715. The molecule has 2 N–H and O–H groups in total. The van der Waals surface area contributed by atoms with Gasteiger partial charge in [-0.3, -0.25) is 4.21 Å². The Labute approximate surface area is 113 Å². The van der Waals surface area contributed by atoms with Crippen LogP contribution < -0.4 is 5.73 Å². The Hall–Kier alpha value is 0.0700. The molecule has 0 radical (unpaired) electrons. The van der Waals surface area contributed by atoms with E-state index < -0.39 is 10.8 Å². The van der Waals surface area contributed by atoms with Gasteiger partial charge in [-0.2, -0.15) is 0 Å². The van der Waals surface area contributed by atoms with E-state index in [2.05, 4.69) is 0 Å². The van der Waals surface area contributed by atoms with Gasteiger partial charge in [0.05, 0.1) is 5.60 Å². The van der Waals surface area contributed by atoms with Crippen molar-refractivity contribution in [1.29, 1.82) is 0 Å². The number of rotatable bonds is 4. The van der Waals surface area contributed by atoms with Crippen LogP contribution in [0.3, 0.4) is 0 Å². The lowest BCUT2D eigenvalue weighted by atomic mass is 9.80. The summed E-state index contributed by atoms with van der Waals surface area (Å²) in [6.07, 6.45) is 9.09. The molecule has 2 aliphatic rings. The summed E-state index contributed by atoms with van der Waals surface area (Å²) in [4.78, 5) is 0. The van der Waals surface area contributed by atoms with E-state index in [1.807, 2.05) is 6.92 Å². The van der Waals surface area contributed by atoms with Gasteiger partial charge in [0.2, 0.25) is 0 Å². The van der Waals surface area contributed by atoms with E-state index in [0.717, 1.165) is 31.6 Å². The van der Waals surface area contributed by atoms with Crippen LogP contribution in [-0.2, 0) is 15.5 Å². The fourth-order valence-corrected chi connectivity index (χ4v) is 5.01. The maximum Gasteiger partial charge on any atom is 0.0694 e. The Balaban J connectivity index is 1.87. The van der Waals surface area contributed by atoms with Crippen molar-refractivity contribution in [3.05, 3.63) is 0 Å². The standard InChI is InChI=1S/C14H27NO2S/c1-12(15)6-10-18(16)13-5-9-17-14(11-13)7-3-2-4-8-14/h12-13H,2-11,15H2,1H3. The van der Waals surface area contributed by atoms with Crippen LogP contribution in [0.5, 0.6) is 0 Å². The zero-order valence-electron chi connectivity index (χ0n) is 11.5. The summed E-state index contributed by atoms with van der Waals surface area (Å²) in [5.74, 6) is 0.762. The summed E-state index contributed by atoms with van der Waals surface area (Å²) < 4.78 is 18.4. The molecule has 3 nitrogen and oxygen atoms in total. The monoisotopic (exact) mass is 273 g/mol. The van der Waals surface area contributed by atoms with Crippen molar-refractivity contribution in [2.75, 3.05) is 12.4 Å². The quantitative estimate of drug-likeness (QED) is 0.855. The molecule has 1 saturated heterocycles. The number of hydrogen-bond acceptors (Lipinski definition) is 3. The lowest BCUT2D eigenvalue weighted by Gasteiger charge is -2.43. The molecule has 1 heterocycles. The van der Waals surface area contributed by atoms with Gasteiger partial charge in [-0.15, -0.1) is 0 Å². The van der Waals surface area contributed by atoms with Gasteiger partial charge >= 0.3 is 0 Å². The molecule has 0 bridgehead atoms. The molecule has 1 spiro atoms. The molecule has 4 heteroatoms. The maximum absolute atomic E-state index is 12.3. The topological polar surface area (TPSA) is 52.3 Å². The molecule has 0 aromatic heterocycles. The second-order valence-electron chi connectivity index (χ2n) is 6.06. The lowest BCUT2D eigenvalue weighted by molar-refractivity contribution is -0.0975. The Morgan fingerprint density at radius 1 is 1.39 bits per heavy atom. The van der Waals surface area contributed by atoms with E-state index in [9.17, 15) is 4.21 Å². The van der Waals surface area contributed by atoms with E-state index in [0.29, 0.717) is 5.25 Å². The first-order valence-corrected chi connectivity index (χ1v) is 8.76. The third kappa shape index (κ3) is 3.78. The summed E-state index contributed by atoms with van der Waals surface area (Å²) in [6, 6.07) is 0.164. The Morgan fingerprint density at radius 3 is 2.78 bits per heavy atom. The highest BCUT2D eigenvalue weighted by atomic mass is 32.2. The first-order valence-electron chi connectivity index (χ1n) is 7.38. The first-order chi connectivity index (χ1) is 8.61. The van der Waals surface area contributed by atoms with Crippen molar-refractivity contribution in [3.8, 4) is 0 Å². The summed E-state index contributed by atoms with van der Waals surface area (Å²) in [6.45, 7) is 2.79. The Bertz CT molecular complexity index is 282. The predicted molar refractivity (Wildman–Crippen MR) is 76.1 cm³/mol. The number of hydrogen-bond donors (Lipinski definition) is 1. The summed E-state index contributed by atoms with van der Waals surface area (Å²) >= 11 is 0. The van der Waals surface area contributed by atoms with Crippen molar-refractivity contribution in [2.45, 2.75) is 75.2 Å². The van der Waals surface area contributed by atoms with Crippen LogP contribution in [0, 0.1) is 0 Å². The van der Waals surface area contributed by atoms with E-state index in [1.54, 1.807) is 0 Å². The molecule has 1 aliphatic heterocycles. The highest BCUT2D eigenvalue weighted by molar-refractivity contribution is 7.85. The van der Waals surface area contributed by atoms with Gasteiger partial charge in [-0.1, -0.05) is 19.3 Å². The van der Waals surface area contributed by atoms with Crippen LogP contribution >= 0.6 is 0 Å². The molecule has 18 heavy (non-hydrogen) atoms. The number of ether oxygens (including phenoxy) is 1. The fourth-order valence-electron chi connectivity index (χ4n) is 3.22. The summed E-state index contributed by atoms with van der Waals surface area (Å²) in [5.41, 5.74) is 5.82. The smallest absolute Gasteiger partial charge is 0.0694 e. The third-order valence-corrected chi connectivity index (χ3v) is 6.14. The molecule has 2 fully saturated rings. The Kier molecular flexibility index (Phi) is 5.22. The van der Waals surface area contributed by atoms with E-state index in [1.165, 1.54) is 32.1 Å². The normalized spacial score (nSPS) is 31.1. The summed E-state index contributed by atoms with van der Waals surface area (Å²) in [5, 5.41) is 0.343. The molecule has 2 rings (SSSR count). The van der Waals surface area contributed by atoms with Gasteiger partial charge in [0, 0.05) is 34.5 Å². The van der Waals surface area contributed by atoms with Gasteiger partial charge < -0.3 is 10.5 Å². The zero-order chi connectivity index (χ0) is 13.0. The average Bonchev–Trinajstić information content (AvgIpc) is 2.37.